The molecule has 0 aliphatic rings. The highest BCUT2D eigenvalue weighted by Gasteiger charge is 2.31. The van der Waals surface area contributed by atoms with Crippen LogP contribution in [0.2, 0.25) is 0 Å². The third-order valence-corrected chi connectivity index (χ3v) is 9.45. The summed E-state index contributed by atoms with van der Waals surface area (Å²) >= 11 is 0. The SMILES string of the molecule is CCCCCCCC/C=C/C/C=C/C/C=C/CCCC(=O)OC(COCCC(C(=O)O)[N+](C)(C)C)COC(=O)CCCCC/C=C/CCCCCCCC. The summed E-state index contributed by atoms with van der Waals surface area (Å²) in [4.78, 5) is 36.9. The van der Waals surface area contributed by atoms with Gasteiger partial charge in [-0.3, -0.25) is 9.59 Å². The maximum atomic E-state index is 12.7. The molecule has 0 amide bonds. The van der Waals surface area contributed by atoms with Crippen LogP contribution in [0.1, 0.15) is 174 Å². The highest BCUT2D eigenvalue weighted by molar-refractivity contribution is 5.72. The van der Waals surface area contributed by atoms with Crippen molar-refractivity contribution in [1.29, 1.82) is 0 Å². The first kappa shape index (κ1) is 51.3. The highest BCUT2D eigenvalue weighted by atomic mass is 16.6. The number of carbonyl (C=O) groups is 3. The number of carboxylic acids is 1. The number of nitrogens with zero attached hydrogens (tertiary/aromatic N) is 1. The van der Waals surface area contributed by atoms with Crippen LogP contribution in [0.3, 0.4) is 0 Å². The lowest BCUT2D eigenvalue weighted by Crippen LogP contribution is -2.50. The van der Waals surface area contributed by atoms with Crippen molar-refractivity contribution in [2.45, 2.75) is 187 Å². The third-order valence-electron chi connectivity index (χ3n) is 9.45. The smallest absolute Gasteiger partial charge is 0.362 e. The van der Waals surface area contributed by atoms with E-state index in [9.17, 15) is 19.5 Å². The van der Waals surface area contributed by atoms with Crippen LogP contribution < -0.4 is 0 Å². The lowest BCUT2D eigenvalue weighted by atomic mass is 10.1. The summed E-state index contributed by atoms with van der Waals surface area (Å²) in [5, 5.41) is 9.60. The number of hydrogen-bond donors (Lipinski definition) is 1. The van der Waals surface area contributed by atoms with E-state index in [1.54, 1.807) is 0 Å². The van der Waals surface area contributed by atoms with Crippen molar-refractivity contribution in [1.82, 2.24) is 0 Å². The summed E-state index contributed by atoms with van der Waals surface area (Å²) in [5.41, 5.74) is 0. The maximum absolute atomic E-state index is 12.7. The number of likely N-dealkylation sites (N-methyl/N-ethyl adjacent to an activating group) is 1. The van der Waals surface area contributed by atoms with Gasteiger partial charge in [-0.25, -0.2) is 4.79 Å². The predicted octanol–water partition coefficient (Wildman–Crippen LogP) is 11.6. The first-order valence-corrected chi connectivity index (χ1v) is 21.7. The van der Waals surface area contributed by atoms with E-state index in [-0.39, 0.29) is 42.7 Å². The molecule has 0 saturated carbocycles. The molecule has 0 bridgehead atoms. The molecule has 54 heavy (non-hydrogen) atoms. The summed E-state index contributed by atoms with van der Waals surface area (Å²) < 4.78 is 17.2. The van der Waals surface area contributed by atoms with Crippen molar-refractivity contribution < 1.29 is 38.2 Å². The Morgan fingerprint density at radius 2 is 1.00 bits per heavy atom. The summed E-state index contributed by atoms with van der Waals surface area (Å²) in [6.45, 7) is 4.64. The Labute approximate surface area is 331 Å². The van der Waals surface area contributed by atoms with Gasteiger partial charge in [0.25, 0.3) is 0 Å². The fourth-order valence-corrected chi connectivity index (χ4v) is 6.04. The third kappa shape index (κ3) is 35.0. The molecule has 0 aliphatic heterocycles. The lowest BCUT2D eigenvalue weighted by molar-refractivity contribution is -0.887. The molecule has 0 aliphatic carbocycles. The molecule has 0 spiro atoms. The number of rotatable bonds is 38. The van der Waals surface area contributed by atoms with Crippen LogP contribution >= 0.6 is 0 Å². The zero-order valence-corrected chi connectivity index (χ0v) is 35.4. The van der Waals surface area contributed by atoms with E-state index in [0.29, 0.717) is 19.3 Å². The zero-order chi connectivity index (χ0) is 40.0. The minimum absolute atomic E-state index is 0.0358. The first-order chi connectivity index (χ1) is 26.1. The zero-order valence-electron chi connectivity index (χ0n) is 35.4. The molecule has 312 valence electrons. The van der Waals surface area contributed by atoms with E-state index in [1.165, 1.54) is 83.5 Å². The number of allylic oxidation sites excluding steroid dienone is 8. The Morgan fingerprint density at radius 1 is 0.556 bits per heavy atom. The molecule has 2 unspecified atom stereocenters. The average molecular weight is 761 g/mol. The molecule has 2 atom stereocenters. The molecule has 0 fully saturated rings. The number of unbranched alkanes of at least 4 members (excludes halogenated alkanes) is 16. The van der Waals surface area contributed by atoms with E-state index in [2.05, 4.69) is 62.5 Å². The Kier molecular flexibility index (Phi) is 35.4. The minimum Gasteiger partial charge on any atom is -0.477 e. The molecular weight excluding hydrogens is 679 g/mol. The number of quaternary nitrogens is 1. The Bertz CT molecular complexity index is 1030. The molecule has 0 aromatic rings. The number of aliphatic carboxylic acids is 1. The fraction of sp³-hybridized carbons (Fsp3) is 0.761. The van der Waals surface area contributed by atoms with Gasteiger partial charge in [-0.2, -0.15) is 0 Å². The van der Waals surface area contributed by atoms with Crippen molar-refractivity contribution in [2.75, 3.05) is 41.0 Å². The number of ether oxygens (including phenoxy) is 3. The molecule has 0 radical (unpaired) electrons. The van der Waals surface area contributed by atoms with Crippen LogP contribution in [0.15, 0.2) is 48.6 Å². The number of esters is 2. The van der Waals surface area contributed by atoms with E-state index in [4.69, 9.17) is 14.2 Å². The first-order valence-electron chi connectivity index (χ1n) is 21.7. The van der Waals surface area contributed by atoms with E-state index >= 15 is 0 Å². The fourth-order valence-electron chi connectivity index (χ4n) is 6.04. The van der Waals surface area contributed by atoms with Crippen molar-refractivity contribution in [3.8, 4) is 0 Å². The predicted molar refractivity (Wildman–Crippen MR) is 224 cm³/mol. The van der Waals surface area contributed by atoms with Gasteiger partial charge in [-0.05, 0) is 70.6 Å². The molecular formula is C46H82NO7+. The van der Waals surface area contributed by atoms with E-state index < -0.39 is 18.1 Å². The van der Waals surface area contributed by atoms with Crippen molar-refractivity contribution in [3.63, 3.8) is 0 Å². The van der Waals surface area contributed by atoms with Crippen molar-refractivity contribution in [3.05, 3.63) is 48.6 Å². The molecule has 8 heteroatoms. The molecule has 0 heterocycles. The molecule has 0 aromatic carbocycles. The van der Waals surface area contributed by atoms with Gasteiger partial charge in [0, 0.05) is 19.3 Å². The number of carboxylic acid groups (broad SMARTS) is 1. The van der Waals surface area contributed by atoms with Gasteiger partial charge in [0.05, 0.1) is 34.4 Å². The summed E-state index contributed by atoms with van der Waals surface area (Å²) in [7, 11) is 5.50. The lowest BCUT2D eigenvalue weighted by Gasteiger charge is -2.31. The van der Waals surface area contributed by atoms with E-state index in [0.717, 1.165) is 51.4 Å². The van der Waals surface area contributed by atoms with Crippen LogP contribution in [-0.2, 0) is 28.6 Å². The Balaban J connectivity index is 4.48. The van der Waals surface area contributed by atoms with Crippen LogP contribution in [0.5, 0.6) is 0 Å². The molecule has 1 N–H and O–H groups in total. The normalized spacial score (nSPS) is 13.4. The van der Waals surface area contributed by atoms with Crippen LogP contribution in [-0.4, -0.2) is 80.6 Å². The second kappa shape index (κ2) is 37.2. The Morgan fingerprint density at radius 3 is 1.52 bits per heavy atom. The van der Waals surface area contributed by atoms with Crippen LogP contribution in [0, 0.1) is 0 Å². The standard InChI is InChI=1S/C46H81NO7/c1-6-8-10-12-14-16-18-20-21-22-23-25-27-29-31-33-35-37-45(49)54-42(40-52-39-38-43(46(50)51)47(3,4)5)41-53-44(48)36-34-32-30-28-26-24-19-17-15-13-11-9-7-2/h20-21,23-26,29,31,42-43H,6-19,22,27-28,30,32-41H2,1-5H3/p+1/b21-20+,25-23+,26-24+,31-29+. The molecule has 0 saturated heterocycles. The van der Waals surface area contributed by atoms with Gasteiger partial charge in [0.2, 0.25) is 0 Å². The molecule has 8 nitrogen and oxygen atoms in total. The van der Waals surface area contributed by atoms with Crippen LogP contribution in [0.4, 0.5) is 0 Å². The van der Waals surface area contributed by atoms with Gasteiger partial charge in [-0.15, -0.1) is 0 Å². The Hall–Kier alpha value is -2.71. The number of carbonyl (C=O) groups excluding carboxylic acids is 2. The van der Waals surface area contributed by atoms with Gasteiger partial charge >= 0.3 is 17.9 Å². The highest BCUT2D eigenvalue weighted by Crippen LogP contribution is 2.12. The topological polar surface area (TPSA) is 99.1 Å². The summed E-state index contributed by atoms with van der Waals surface area (Å²) in [5.74, 6) is -1.56. The van der Waals surface area contributed by atoms with Gasteiger partial charge in [-0.1, -0.05) is 133 Å². The second-order valence-corrected chi connectivity index (χ2v) is 15.6. The van der Waals surface area contributed by atoms with Gasteiger partial charge < -0.3 is 23.8 Å². The van der Waals surface area contributed by atoms with Crippen molar-refractivity contribution in [2.24, 2.45) is 0 Å². The van der Waals surface area contributed by atoms with Crippen molar-refractivity contribution >= 4 is 17.9 Å². The largest absolute Gasteiger partial charge is 0.477 e. The maximum Gasteiger partial charge on any atom is 0.362 e. The quantitative estimate of drug-likeness (QED) is 0.0289. The molecule has 0 aromatic heterocycles. The van der Waals surface area contributed by atoms with Crippen LogP contribution in [0.25, 0.3) is 0 Å². The van der Waals surface area contributed by atoms with E-state index in [1.807, 2.05) is 21.1 Å². The molecule has 0 rings (SSSR count). The summed E-state index contributed by atoms with van der Waals surface area (Å²) in [6.07, 6.45) is 43.0. The minimum atomic E-state index is -0.886. The summed E-state index contributed by atoms with van der Waals surface area (Å²) in [6, 6.07) is -0.625. The second-order valence-electron chi connectivity index (χ2n) is 15.6. The average Bonchev–Trinajstić information content (AvgIpc) is 3.12. The monoisotopic (exact) mass is 761 g/mol. The number of hydrogen-bond acceptors (Lipinski definition) is 6. The van der Waals surface area contributed by atoms with Gasteiger partial charge in [0.15, 0.2) is 12.1 Å². The van der Waals surface area contributed by atoms with Gasteiger partial charge in [0.1, 0.15) is 6.61 Å².